The zero-order valence-electron chi connectivity index (χ0n) is 12.1. The quantitative estimate of drug-likeness (QED) is 0.811. The highest BCUT2D eigenvalue weighted by Crippen LogP contribution is 2.25. The molecule has 0 saturated carbocycles. The molecule has 3 rings (SSSR count). The highest BCUT2D eigenvalue weighted by atomic mass is 16.4. The Balaban J connectivity index is 1.83. The average Bonchev–Trinajstić information content (AvgIpc) is 2.89. The van der Waals surface area contributed by atoms with Crippen LogP contribution < -0.4 is 10.6 Å². The number of anilines is 2. The van der Waals surface area contributed by atoms with Crippen molar-refractivity contribution in [3.63, 3.8) is 0 Å². The predicted octanol–water partition coefficient (Wildman–Crippen LogP) is 3.16. The Morgan fingerprint density at radius 3 is 2.35 bits per heavy atom. The number of Topliss-reactive ketones (excluding diaryl/α,β-unsaturated/α-hetero) is 1. The van der Waals surface area contributed by atoms with Crippen molar-refractivity contribution >= 4 is 29.2 Å². The number of carboxylic acid groups (broad SMARTS) is 1. The van der Waals surface area contributed by atoms with Crippen molar-refractivity contribution in [3.05, 3.63) is 59.2 Å². The molecule has 0 atom stereocenters. The molecule has 2 amide bonds. The molecule has 3 N–H and O–H groups in total. The minimum atomic E-state index is -1.21. The zero-order valence-corrected chi connectivity index (χ0v) is 12.1. The lowest BCUT2D eigenvalue weighted by Crippen LogP contribution is -2.15. The molecule has 2 aromatic rings. The molecule has 0 heterocycles. The van der Waals surface area contributed by atoms with Crippen molar-refractivity contribution < 1.29 is 19.5 Å². The van der Waals surface area contributed by atoms with Gasteiger partial charge in [0.25, 0.3) is 5.91 Å². The molecular formula is C17H14N2O4. The summed E-state index contributed by atoms with van der Waals surface area (Å²) in [6.45, 7) is 0. The Labute approximate surface area is 132 Å². The van der Waals surface area contributed by atoms with E-state index in [9.17, 15) is 14.4 Å². The van der Waals surface area contributed by atoms with Crippen LogP contribution in [0.1, 0.15) is 32.7 Å². The van der Waals surface area contributed by atoms with Gasteiger partial charge in [-0.25, -0.2) is 4.79 Å². The van der Waals surface area contributed by atoms with Crippen LogP contribution in [-0.4, -0.2) is 22.9 Å². The number of amides is 2. The Kier molecular flexibility index (Phi) is 3.80. The van der Waals surface area contributed by atoms with E-state index in [0.29, 0.717) is 35.3 Å². The van der Waals surface area contributed by atoms with Gasteiger partial charge in [-0.05, 0) is 36.2 Å². The van der Waals surface area contributed by atoms with Crippen molar-refractivity contribution in [3.8, 4) is 0 Å². The summed E-state index contributed by atoms with van der Waals surface area (Å²) in [5.41, 5.74) is 2.65. The van der Waals surface area contributed by atoms with Crippen molar-refractivity contribution in [2.75, 3.05) is 10.6 Å². The highest BCUT2D eigenvalue weighted by Gasteiger charge is 2.21. The molecule has 2 aromatic carbocycles. The summed E-state index contributed by atoms with van der Waals surface area (Å²) in [7, 11) is 0. The van der Waals surface area contributed by atoms with Gasteiger partial charge in [-0.3, -0.25) is 14.9 Å². The van der Waals surface area contributed by atoms with E-state index in [1.54, 1.807) is 42.5 Å². The first-order valence-corrected chi connectivity index (χ1v) is 7.11. The Morgan fingerprint density at radius 2 is 1.65 bits per heavy atom. The maximum Gasteiger partial charge on any atom is 0.409 e. The fraction of sp³-hybridized carbons (Fsp3) is 0.118. The van der Waals surface area contributed by atoms with Crippen LogP contribution in [0.15, 0.2) is 42.5 Å². The van der Waals surface area contributed by atoms with Gasteiger partial charge in [0.15, 0.2) is 5.78 Å². The molecule has 6 nitrogen and oxygen atoms in total. The third-order valence-electron chi connectivity index (χ3n) is 3.71. The summed E-state index contributed by atoms with van der Waals surface area (Å²) in [5, 5.41) is 13.7. The number of hydrogen-bond acceptors (Lipinski definition) is 3. The average molecular weight is 310 g/mol. The number of nitrogens with one attached hydrogen (secondary N) is 2. The molecule has 0 aliphatic heterocycles. The van der Waals surface area contributed by atoms with E-state index in [2.05, 4.69) is 10.6 Å². The first-order chi connectivity index (χ1) is 11.0. The largest absolute Gasteiger partial charge is 0.465 e. The molecule has 0 bridgehead atoms. The molecule has 23 heavy (non-hydrogen) atoms. The Bertz CT molecular complexity index is 814. The van der Waals surface area contributed by atoms with Crippen LogP contribution in [0.5, 0.6) is 0 Å². The molecule has 0 aromatic heterocycles. The summed E-state index contributed by atoms with van der Waals surface area (Å²) >= 11 is 0. The number of aryl methyl sites for hydroxylation is 1. The number of para-hydroxylation sites is 2. The minimum Gasteiger partial charge on any atom is -0.465 e. The molecule has 1 aliphatic carbocycles. The van der Waals surface area contributed by atoms with Gasteiger partial charge in [-0.1, -0.05) is 18.2 Å². The van der Waals surface area contributed by atoms with Crippen LogP contribution in [0, 0.1) is 0 Å². The summed E-state index contributed by atoms with van der Waals surface area (Å²) in [5.74, 6) is -0.255. The summed E-state index contributed by atoms with van der Waals surface area (Å²) in [6.07, 6.45) is -0.0826. The number of hydrogen-bond donors (Lipinski definition) is 3. The second-order valence-electron chi connectivity index (χ2n) is 5.22. The summed E-state index contributed by atoms with van der Waals surface area (Å²) in [4.78, 5) is 34.8. The highest BCUT2D eigenvalue weighted by molar-refractivity contribution is 6.08. The third-order valence-corrected chi connectivity index (χ3v) is 3.71. The fourth-order valence-corrected chi connectivity index (χ4v) is 2.61. The lowest BCUT2D eigenvalue weighted by Gasteiger charge is -2.11. The number of carbonyl (C=O) groups excluding carboxylic acids is 2. The van der Waals surface area contributed by atoms with Crippen molar-refractivity contribution in [2.24, 2.45) is 0 Å². The van der Waals surface area contributed by atoms with Gasteiger partial charge in [-0.15, -0.1) is 0 Å². The van der Waals surface area contributed by atoms with Gasteiger partial charge in [0.1, 0.15) is 0 Å². The first kappa shape index (κ1) is 14.8. The van der Waals surface area contributed by atoms with Gasteiger partial charge in [0, 0.05) is 17.5 Å². The second-order valence-corrected chi connectivity index (χ2v) is 5.22. The molecular weight excluding hydrogens is 296 g/mol. The van der Waals surface area contributed by atoms with Gasteiger partial charge in [0.05, 0.1) is 11.4 Å². The number of rotatable bonds is 3. The van der Waals surface area contributed by atoms with Gasteiger partial charge in [0.2, 0.25) is 0 Å². The standard InChI is InChI=1S/C17H14N2O4/c20-15-8-6-10-9-11(5-7-12(10)15)16(21)18-13-3-1-2-4-14(13)19-17(22)23/h1-5,7,9,19H,6,8H2,(H,18,21)(H,22,23). The molecule has 0 radical (unpaired) electrons. The van der Waals surface area contributed by atoms with Crippen LogP contribution >= 0.6 is 0 Å². The predicted molar refractivity (Wildman–Crippen MR) is 85.1 cm³/mol. The van der Waals surface area contributed by atoms with Gasteiger partial charge < -0.3 is 10.4 Å². The van der Waals surface area contributed by atoms with Crippen LogP contribution in [0.3, 0.4) is 0 Å². The maximum atomic E-state index is 12.4. The second kappa shape index (κ2) is 5.92. The fourth-order valence-electron chi connectivity index (χ4n) is 2.61. The van der Waals surface area contributed by atoms with Gasteiger partial charge >= 0.3 is 6.09 Å². The number of benzene rings is 2. The maximum absolute atomic E-state index is 12.4. The third kappa shape index (κ3) is 3.06. The lowest BCUT2D eigenvalue weighted by molar-refractivity contribution is 0.0991. The smallest absolute Gasteiger partial charge is 0.409 e. The topological polar surface area (TPSA) is 95.5 Å². The minimum absolute atomic E-state index is 0.1000. The van der Waals surface area contributed by atoms with E-state index in [1.165, 1.54) is 0 Å². The first-order valence-electron chi connectivity index (χ1n) is 7.11. The zero-order chi connectivity index (χ0) is 16.4. The van der Waals surface area contributed by atoms with E-state index in [1.807, 2.05) is 0 Å². The van der Waals surface area contributed by atoms with Crippen LogP contribution in [0.25, 0.3) is 0 Å². The van der Waals surface area contributed by atoms with E-state index in [-0.39, 0.29) is 11.7 Å². The Hall–Kier alpha value is -3.15. The molecule has 0 spiro atoms. The van der Waals surface area contributed by atoms with E-state index >= 15 is 0 Å². The van der Waals surface area contributed by atoms with Crippen LogP contribution in [0.2, 0.25) is 0 Å². The van der Waals surface area contributed by atoms with E-state index in [4.69, 9.17) is 5.11 Å². The summed E-state index contributed by atoms with van der Waals surface area (Å²) < 4.78 is 0. The van der Waals surface area contributed by atoms with Crippen molar-refractivity contribution in [2.45, 2.75) is 12.8 Å². The number of fused-ring (bicyclic) bond motifs is 1. The molecule has 0 saturated heterocycles. The summed E-state index contributed by atoms with van der Waals surface area (Å²) in [6, 6.07) is 11.5. The van der Waals surface area contributed by atoms with Crippen LogP contribution in [-0.2, 0) is 6.42 Å². The molecule has 1 aliphatic rings. The SMILES string of the molecule is O=C(O)Nc1ccccc1NC(=O)c1ccc2c(c1)CCC2=O. The monoisotopic (exact) mass is 310 g/mol. The van der Waals surface area contributed by atoms with Crippen molar-refractivity contribution in [1.29, 1.82) is 0 Å². The van der Waals surface area contributed by atoms with Crippen LogP contribution in [0.4, 0.5) is 16.2 Å². The normalized spacial score (nSPS) is 12.6. The molecule has 116 valence electrons. The number of carbonyl (C=O) groups is 3. The van der Waals surface area contributed by atoms with E-state index < -0.39 is 6.09 Å². The lowest BCUT2D eigenvalue weighted by atomic mass is 10.1. The van der Waals surface area contributed by atoms with Crippen molar-refractivity contribution in [1.82, 2.24) is 0 Å². The Morgan fingerprint density at radius 1 is 0.957 bits per heavy atom. The number of ketones is 1. The molecule has 6 heteroatoms. The van der Waals surface area contributed by atoms with Gasteiger partial charge in [-0.2, -0.15) is 0 Å². The molecule has 0 unspecified atom stereocenters. The molecule has 0 fully saturated rings. The van der Waals surface area contributed by atoms with E-state index in [0.717, 1.165) is 5.56 Å².